The monoisotopic (exact) mass is 241 g/mol. The number of carboxylic acids is 1. The predicted molar refractivity (Wildman–Crippen MR) is 66.7 cm³/mol. The molecule has 2 aromatic rings. The lowest BCUT2D eigenvalue weighted by Crippen LogP contribution is -1.91. The fourth-order valence-electron chi connectivity index (χ4n) is 1.46. The molecule has 0 bridgehead atoms. The minimum atomic E-state index is -0.990. The summed E-state index contributed by atoms with van der Waals surface area (Å²) in [6, 6.07) is 1.82. The van der Waals surface area contributed by atoms with Crippen molar-refractivity contribution in [3.63, 3.8) is 0 Å². The summed E-state index contributed by atoms with van der Waals surface area (Å²) in [6.07, 6.45) is 9.14. The molecule has 5 nitrogen and oxygen atoms in total. The fraction of sp³-hybridized carbons (Fsp3) is 0.0769. The molecule has 0 radical (unpaired) electrons. The van der Waals surface area contributed by atoms with Crippen molar-refractivity contribution in [1.29, 1.82) is 0 Å². The highest BCUT2D eigenvalue weighted by molar-refractivity contribution is 5.85. The summed E-state index contributed by atoms with van der Waals surface area (Å²) in [5, 5.41) is 8.57. The van der Waals surface area contributed by atoms with Crippen LogP contribution in [0.5, 0.6) is 0 Å². The van der Waals surface area contributed by atoms with Gasteiger partial charge in [0.1, 0.15) is 0 Å². The van der Waals surface area contributed by atoms with E-state index in [9.17, 15) is 4.79 Å². The Kier molecular flexibility index (Phi) is 3.43. The van der Waals surface area contributed by atoms with Crippen molar-refractivity contribution in [2.24, 2.45) is 0 Å². The normalized spacial score (nSPS) is 10.7. The molecular formula is C13H11N3O2. The van der Waals surface area contributed by atoms with Gasteiger partial charge in [-0.25, -0.2) is 9.78 Å². The maximum atomic E-state index is 10.4. The van der Waals surface area contributed by atoms with E-state index in [1.165, 1.54) is 6.08 Å². The van der Waals surface area contributed by atoms with Crippen molar-refractivity contribution in [2.45, 2.75) is 6.92 Å². The number of carboxylic acid groups (broad SMARTS) is 1. The van der Waals surface area contributed by atoms with Crippen molar-refractivity contribution in [1.82, 2.24) is 15.0 Å². The molecule has 2 rings (SSSR count). The molecular weight excluding hydrogens is 230 g/mol. The third-order valence-electron chi connectivity index (χ3n) is 2.23. The number of aromatic nitrogens is 3. The van der Waals surface area contributed by atoms with E-state index < -0.39 is 5.97 Å². The number of carbonyl (C=O) groups is 1. The van der Waals surface area contributed by atoms with E-state index in [-0.39, 0.29) is 0 Å². The summed E-state index contributed by atoms with van der Waals surface area (Å²) in [6.45, 7) is 1.86. The van der Waals surface area contributed by atoms with Gasteiger partial charge in [0.2, 0.25) is 0 Å². The molecule has 18 heavy (non-hydrogen) atoms. The summed E-state index contributed by atoms with van der Waals surface area (Å²) in [5.41, 5.74) is 3.05. The van der Waals surface area contributed by atoms with Crippen LogP contribution in [0, 0.1) is 6.92 Å². The van der Waals surface area contributed by atoms with Crippen molar-refractivity contribution >= 4 is 12.0 Å². The van der Waals surface area contributed by atoms with E-state index in [2.05, 4.69) is 15.0 Å². The smallest absolute Gasteiger partial charge is 0.328 e. The largest absolute Gasteiger partial charge is 0.478 e. The minimum absolute atomic E-state index is 0.707. The lowest BCUT2D eigenvalue weighted by Gasteiger charge is -2.01. The van der Waals surface area contributed by atoms with Crippen LogP contribution in [-0.2, 0) is 4.79 Å². The molecule has 0 unspecified atom stereocenters. The first-order chi connectivity index (χ1) is 8.65. The Morgan fingerprint density at radius 2 is 2.00 bits per heavy atom. The van der Waals surface area contributed by atoms with Gasteiger partial charge >= 0.3 is 5.97 Å². The Morgan fingerprint density at radius 3 is 2.72 bits per heavy atom. The van der Waals surface area contributed by atoms with Gasteiger partial charge in [-0.3, -0.25) is 9.97 Å². The van der Waals surface area contributed by atoms with Gasteiger partial charge in [0, 0.05) is 30.2 Å². The summed E-state index contributed by atoms with van der Waals surface area (Å²) in [7, 11) is 0. The molecule has 5 heteroatoms. The molecule has 90 valence electrons. The Morgan fingerprint density at radius 1 is 1.22 bits per heavy atom. The van der Waals surface area contributed by atoms with Crippen LogP contribution in [0.25, 0.3) is 17.3 Å². The van der Waals surface area contributed by atoms with Gasteiger partial charge in [0.05, 0.1) is 17.6 Å². The second-order valence-electron chi connectivity index (χ2n) is 3.72. The van der Waals surface area contributed by atoms with Crippen LogP contribution in [0.3, 0.4) is 0 Å². The lowest BCUT2D eigenvalue weighted by atomic mass is 10.1. The third-order valence-corrected chi connectivity index (χ3v) is 2.23. The first-order valence-electron chi connectivity index (χ1n) is 5.30. The molecule has 0 aromatic carbocycles. The van der Waals surface area contributed by atoms with E-state index >= 15 is 0 Å². The van der Waals surface area contributed by atoms with Crippen LogP contribution >= 0.6 is 0 Å². The molecule has 0 spiro atoms. The van der Waals surface area contributed by atoms with Gasteiger partial charge < -0.3 is 5.11 Å². The molecule has 0 amide bonds. The van der Waals surface area contributed by atoms with Crippen LogP contribution in [0.1, 0.15) is 11.3 Å². The molecule has 0 atom stereocenters. The minimum Gasteiger partial charge on any atom is -0.478 e. The Balaban J connectivity index is 2.35. The molecule has 0 aliphatic rings. The number of rotatable bonds is 3. The zero-order valence-corrected chi connectivity index (χ0v) is 9.74. The van der Waals surface area contributed by atoms with Crippen molar-refractivity contribution in [3.8, 4) is 11.3 Å². The maximum Gasteiger partial charge on any atom is 0.328 e. The molecule has 0 fully saturated rings. The summed E-state index contributed by atoms with van der Waals surface area (Å²) >= 11 is 0. The van der Waals surface area contributed by atoms with E-state index in [0.29, 0.717) is 11.3 Å². The van der Waals surface area contributed by atoms with Crippen LogP contribution in [0.15, 0.2) is 36.9 Å². The highest BCUT2D eigenvalue weighted by Gasteiger charge is 2.01. The maximum absolute atomic E-state index is 10.4. The Labute approximate surface area is 104 Å². The number of pyridine rings is 1. The van der Waals surface area contributed by atoms with Gasteiger partial charge in [-0.15, -0.1) is 0 Å². The average molecular weight is 241 g/mol. The standard InChI is InChI=1S/C13H11N3O2/c1-9-5-14-8-12(16-9)11-4-10(6-15-7-11)2-3-13(17)18/h2-8H,1H3,(H,17,18)/b3-2+. The number of hydrogen-bond acceptors (Lipinski definition) is 4. The highest BCUT2D eigenvalue weighted by atomic mass is 16.4. The number of nitrogens with zero attached hydrogens (tertiary/aromatic N) is 3. The third kappa shape index (κ3) is 2.98. The predicted octanol–water partition coefficient (Wildman–Crippen LogP) is 1.94. The average Bonchev–Trinajstić information content (AvgIpc) is 2.37. The number of hydrogen-bond donors (Lipinski definition) is 1. The van der Waals surface area contributed by atoms with Crippen LogP contribution in [0.2, 0.25) is 0 Å². The molecule has 1 N–H and O–H groups in total. The molecule has 0 saturated carbocycles. The van der Waals surface area contributed by atoms with Crippen molar-refractivity contribution in [2.75, 3.05) is 0 Å². The van der Waals surface area contributed by atoms with Crippen molar-refractivity contribution in [3.05, 3.63) is 48.2 Å². The first-order valence-corrected chi connectivity index (χ1v) is 5.30. The second kappa shape index (κ2) is 5.18. The molecule has 2 aromatic heterocycles. The van der Waals surface area contributed by atoms with Crippen LogP contribution in [-0.4, -0.2) is 26.0 Å². The van der Waals surface area contributed by atoms with Crippen LogP contribution in [0.4, 0.5) is 0 Å². The van der Waals surface area contributed by atoms with E-state index in [4.69, 9.17) is 5.11 Å². The van der Waals surface area contributed by atoms with Gasteiger partial charge in [-0.2, -0.15) is 0 Å². The molecule has 0 saturated heterocycles. The van der Waals surface area contributed by atoms with E-state index in [1.54, 1.807) is 24.8 Å². The number of aliphatic carboxylic acids is 1. The zero-order chi connectivity index (χ0) is 13.0. The highest BCUT2D eigenvalue weighted by Crippen LogP contribution is 2.16. The lowest BCUT2D eigenvalue weighted by molar-refractivity contribution is -0.131. The fourth-order valence-corrected chi connectivity index (χ4v) is 1.46. The quantitative estimate of drug-likeness (QED) is 0.831. The zero-order valence-electron chi connectivity index (χ0n) is 9.74. The first kappa shape index (κ1) is 11.9. The van der Waals surface area contributed by atoms with Gasteiger partial charge in [-0.1, -0.05) is 0 Å². The summed E-state index contributed by atoms with van der Waals surface area (Å²) in [4.78, 5) is 22.9. The van der Waals surface area contributed by atoms with Gasteiger partial charge in [0.15, 0.2) is 0 Å². The van der Waals surface area contributed by atoms with E-state index in [1.807, 2.05) is 13.0 Å². The van der Waals surface area contributed by atoms with Crippen molar-refractivity contribution < 1.29 is 9.90 Å². The second-order valence-corrected chi connectivity index (χ2v) is 3.72. The number of aryl methyl sites for hydroxylation is 1. The Hall–Kier alpha value is -2.56. The van der Waals surface area contributed by atoms with Crippen LogP contribution < -0.4 is 0 Å². The molecule has 2 heterocycles. The SMILES string of the molecule is Cc1cncc(-c2cncc(/C=C/C(=O)O)c2)n1. The summed E-state index contributed by atoms with van der Waals surface area (Å²) in [5.74, 6) is -0.990. The Bertz CT molecular complexity index is 609. The molecule has 0 aliphatic heterocycles. The summed E-state index contributed by atoms with van der Waals surface area (Å²) < 4.78 is 0. The van der Waals surface area contributed by atoms with E-state index in [0.717, 1.165) is 17.3 Å². The topological polar surface area (TPSA) is 76.0 Å². The van der Waals surface area contributed by atoms with Gasteiger partial charge in [-0.05, 0) is 24.6 Å². The molecule has 0 aliphatic carbocycles. The van der Waals surface area contributed by atoms with Gasteiger partial charge in [0.25, 0.3) is 0 Å².